The van der Waals surface area contributed by atoms with Gasteiger partial charge in [-0.3, -0.25) is 4.79 Å². The van der Waals surface area contributed by atoms with E-state index in [2.05, 4.69) is 27.1 Å². The lowest BCUT2D eigenvalue weighted by molar-refractivity contribution is 0.0656. The highest BCUT2D eigenvalue weighted by atomic mass is 16.5. The molecular weight excluding hydrogens is 316 g/mol. The van der Waals surface area contributed by atoms with E-state index in [1.807, 2.05) is 29.2 Å². The second-order valence-electron chi connectivity index (χ2n) is 6.25. The Bertz CT molecular complexity index is 856. The molecule has 1 aromatic carbocycles. The largest absolute Gasteiger partial charge is 0.379 e. The number of carbonyl (C=O) groups is 1. The molecule has 1 amide bonds. The molecule has 6 heteroatoms. The molecule has 1 N–H and O–H groups in total. The molecule has 2 aromatic heterocycles. The molecule has 0 saturated carbocycles. The van der Waals surface area contributed by atoms with Gasteiger partial charge in [-0.2, -0.15) is 0 Å². The molecule has 25 heavy (non-hydrogen) atoms. The molecule has 0 aliphatic carbocycles. The molecule has 1 atom stereocenters. The molecule has 0 radical (unpaired) electrons. The zero-order valence-electron chi connectivity index (χ0n) is 13.9. The van der Waals surface area contributed by atoms with Gasteiger partial charge in [-0.05, 0) is 24.5 Å². The van der Waals surface area contributed by atoms with Crippen LogP contribution in [0, 0.1) is 0 Å². The summed E-state index contributed by atoms with van der Waals surface area (Å²) in [5.74, 6) is -0.00423. The predicted octanol–water partition coefficient (Wildman–Crippen LogP) is 2.43. The van der Waals surface area contributed by atoms with Crippen molar-refractivity contribution in [1.29, 1.82) is 0 Å². The first-order valence-corrected chi connectivity index (χ1v) is 8.53. The molecule has 3 heterocycles. The van der Waals surface area contributed by atoms with Crippen LogP contribution < -0.4 is 0 Å². The van der Waals surface area contributed by atoms with Crippen molar-refractivity contribution in [3.05, 3.63) is 60.0 Å². The number of imidazole rings is 1. The van der Waals surface area contributed by atoms with Gasteiger partial charge in [0.2, 0.25) is 0 Å². The van der Waals surface area contributed by atoms with Crippen molar-refractivity contribution in [2.45, 2.75) is 18.9 Å². The lowest BCUT2D eigenvalue weighted by Gasteiger charge is -2.28. The summed E-state index contributed by atoms with van der Waals surface area (Å²) >= 11 is 0. The van der Waals surface area contributed by atoms with Gasteiger partial charge in [-0.25, -0.2) is 9.97 Å². The van der Waals surface area contributed by atoms with E-state index in [9.17, 15) is 4.79 Å². The van der Waals surface area contributed by atoms with Crippen molar-refractivity contribution in [3.8, 4) is 0 Å². The minimum atomic E-state index is -0.00423. The number of carbonyl (C=O) groups excluding carboxylic acids is 1. The monoisotopic (exact) mass is 336 g/mol. The summed E-state index contributed by atoms with van der Waals surface area (Å²) < 4.78 is 5.51. The summed E-state index contributed by atoms with van der Waals surface area (Å²) in [6.45, 7) is 1.97. The minimum Gasteiger partial charge on any atom is -0.379 e. The number of benzene rings is 1. The van der Waals surface area contributed by atoms with Crippen LogP contribution in [-0.2, 0) is 11.2 Å². The van der Waals surface area contributed by atoms with Crippen LogP contribution in [0.4, 0.5) is 0 Å². The van der Waals surface area contributed by atoms with Gasteiger partial charge >= 0.3 is 0 Å². The van der Waals surface area contributed by atoms with Gasteiger partial charge in [0.25, 0.3) is 5.91 Å². The molecule has 1 saturated heterocycles. The van der Waals surface area contributed by atoms with Crippen molar-refractivity contribution in [3.63, 3.8) is 0 Å². The van der Waals surface area contributed by atoms with Crippen molar-refractivity contribution in [2.24, 2.45) is 0 Å². The molecule has 4 rings (SSSR count). The maximum absolute atomic E-state index is 13.1. The summed E-state index contributed by atoms with van der Waals surface area (Å²) in [6, 6.07) is 12.2. The van der Waals surface area contributed by atoms with Gasteiger partial charge in [0.1, 0.15) is 0 Å². The van der Waals surface area contributed by atoms with Crippen LogP contribution in [0.5, 0.6) is 0 Å². The lowest BCUT2D eigenvalue weighted by atomic mass is 10.1. The third kappa shape index (κ3) is 3.39. The average Bonchev–Trinajstić information content (AvgIpc) is 3.34. The van der Waals surface area contributed by atoms with Gasteiger partial charge in [-0.1, -0.05) is 30.3 Å². The maximum Gasteiger partial charge on any atom is 0.255 e. The summed E-state index contributed by atoms with van der Waals surface area (Å²) in [4.78, 5) is 26.4. The molecular formula is C19H20N4O2. The van der Waals surface area contributed by atoms with E-state index in [1.54, 1.807) is 12.5 Å². The number of fused-ring (bicyclic) bond motifs is 1. The zero-order chi connectivity index (χ0) is 17.1. The minimum absolute atomic E-state index is 0.00423. The van der Waals surface area contributed by atoms with E-state index >= 15 is 0 Å². The third-order valence-electron chi connectivity index (χ3n) is 4.61. The third-order valence-corrected chi connectivity index (χ3v) is 4.61. The Labute approximate surface area is 145 Å². The number of aromatic amines is 1. The zero-order valence-corrected chi connectivity index (χ0v) is 13.9. The quantitative estimate of drug-likeness (QED) is 0.777. The van der Waals surface area contributed by atoms with Gasteiger partial charge < -0.3 is 14.6 Å². The van der Waals surface area contributed by atoms with Crippen LogP contribution >= 0.6 is 0 Å². The van der Waals surface area contributed by atoms with E-state index in [4.69, 9.17) is 4.74 Å². The topological polar surface area (TPSA) is 71.1 Å². The van der Waals surface area contributed by atoms with E-state index in [0.29, 0.717) is 31.0 Å². The summed E-state index contributed by atoms with van der Waals surface area (Å²) in [7, 11) is 0. The van der Waals surface area contributed by atoms with Gasteiger partial charge in [0.05, 0.1) is 30.1 Å². The second-order valence-corrected chi connectivity index (χ2v) is 6.25. The molecule has 128 valence electrons. The number of nitrogens with one attached hydrogen (secondary N) is 1. The van der Waals surface area contributed by atoms with E-state index in [-0.39, 0.29) is 11.9 Å². The van der Waals surface area contributed by atoms with Crippen LogP contribution in [0.25, 0.3) is 11.2 Å². The van der Waals surface area contributed by atoms with E-state index in [0.717, 1.165) is 18.4 Å². The Kier molecular flexibility index (Phi) is 4.43. The van der Waals surface area contributed by atoms with E-state index in [1.165, 1.54) is 5.56 Å². The highest BCUT2D eigenvalue weighted by Crippen LogP contribution is 2.18. The summed E-state index contributed by atoms with van der Waals surface area (Å²) in [5.41, 5.74) is 3.20. The van der Waals surface area contributed by atoms with Crippen molar-refractivity contribution in [1.82, 2.24) is 19.9 Å². The van der Waals surface area contributed by atoms with Crippen molar-refractivity contribution in [2.75, 3.05) is 19.8 Å². The Hall–Kier alpha value is -2.73. The first kappa shape index (κ1) is 15.8. The number of aromatic nitrogens is 3. The van der Waals surface area contributed by atoms with Crippen molar-refractivity contribution < 1.29 is 9.53 Å². The highest BCUT2D eigenvalue weighted by Gasteiger charge is 2.28. The lowest BCUT2D eigenvalue weighted by Crippen LogP contribution is -2.42. The Morgan fingerprint density at radius 3 is 2.96 bits per heavy atom. The summed E-state index contributed by atoms with van der Waals surface area (Å²) in [5, 5.41) is 0. The first-order chi connectivity index (χ1) is 12.3. The van der Waals surface area contributed by atoms with Gasteiger partial charge in [0.15, 0.2) is 5.65 Å². The molecule has 0 bridgehead atoms. The second kappa shape index (κ2) is 7.03. The molecule has 3 aromatic rings. The highest BCUT2D eigenvalue weighted by molar-refractivity contribution is 5.96. The number of ether oxygens (including phenoxy) is 1. The van der Waals surface area contributed by atoms with Crippen LogP contribution in [-0.4, -0.2) is 51.6 Å². The Balaban J connectivity index is 1.56. The molecule has 6 nitrogen and oxygen atoms in total. The summed E-state index contributed by atoms with van der Waals surface area (Å²) in [6.07, 6.45) is 4.89. The Morgan fingerprint density at radius 1 is 1.28 bits per heavy atom. The fraction of sp³-hybridized carbons (Fsp3) is 0.316. The predicted molar refractivity (Wildman–Crippen MR) is 94.3 cm³/mol. The normalized spacial score (nSPS) is 17.0. The van der Waals surface area contributed by atoms with Crippen LogP contribution in [0.15, 0.2) is 48.9 Å². The number of hydrogen-bond acceptors (Lipinski definition) is 4. The number of pyridine rings is 1. The number of amides is 1. The Morgan fingerprint density at radius 2 is 2.16 bits per heavy atom. The van der Waals surface area contributed by atoms with Crippen LogP contribution in [0.2, 0.25) is 0 Å². The van der Waals surface area contributed by atoms with Gasteiger partial charge in [-0.15, -0.1) is 0 Å². The SMILES string of the molecule is O=C(c1cnc2nc[nH]c2c1)N(CCc1ccccc1)C1CCOC1. The van der Waals surface area contributed by atoms with E-state index < -0.39 is 0 Å². The number of rotatable bonds is 5. The fourth-order valence-electron chi connectivity index (χ4n) is 3.22. The number of nitrogens with zero attached hydrogens (tertiary/aromatic N) is 3. The first-order valence-electron chi connectivity index (χ1n) is 8.53. The standard InChI is InChI=1S/C19H20N4O2/c24-19(15-10-17-18(20-11-15)22-13-21-17)23(16-7-9-25-12-16)8-6-14-4-2-1-3-5-14/h1-5,10-11,13,16H,6-9,12H2,(H,20,21,22). The number of hydrogen-bond donors (Lipinski definition) is 1. The fourth-order valence-corrected chi connectivity index (χ4v) is 3.22. The smallest absolute Gasteiger partial charge is 0.255 e. The van der Waals surface area contributed by atoms with Gasteiger partial charge in [0, 0.05) is 19.3 Å². The van der Waals surface area contributed by atoms with Crippen LogP contribution in [0.1, 0.15) is 22.3 Å². The maximum atomic E-state index is 13.1. The molecule has 0 spiro atoms. The van der Waals surface area contributed by atoms with Crippen molar-refractivity contribution >= 4 is 17.1 Å². The molecule has 1 fully saturated rings. The van der Waals surface area contributed by atoms with Crippen LogP contribution in [0.3, 0.4) is 0 Å². The molecule has 1 aliphatic heterocycles. The molecule has 1 aliphatic rings. The average molecular weight is 336 g/mol. The number of H-pyrrole nitrogens is 1. The molecule has 1 unspecified atom stereocenters.